The highest BCUT2D eigenvalue weighted by Gasteiger charge is 2.11. The molecule has 0 aliphatic carbocycles. The highest BCUT2D eigenvalue weighted by molar-refractivity contribution is 14.0. The number of rotatable bonds is 7. The molecule has 1 aromatic heterocycles. The second-order valence-corrected chi connectivity index (χ2v) is 6.70. The number of aliphatic hydroxyl groups is 1. The Bertz CT molecular complexity index is 931. The fourth-order valence-electron chi connectivity index (χ4n) is 2.93. The van der Waals surface area contributed by atoms with E-state index in [4.69, 9.17) is 0 Å². The van der Waals surface area contributed by atoms with Crippen LogP contribution in [0, 0.1) is 5.82 Å². The number of halogens is 2. The molecule has 0 amide bonds. The van der Waals surface area contributed by atoms with Crippen LogP contribution in [0.5, 0.6) is 0 Å². The standard InChI is InChI=1S/C22H26FN5O.HI/c1-3-24-22(25-15-21(29)17-8-10-19(23)11-9-17)27-16(2)18-6-4-7-20(14-18)28-13-5-12-26-28;/h4-14,16,21,29H,3,15H2,1-2H3,(H2,24,25,27);1H. The van der Waals surface area contributed by atoms with Crippen LogP contribution < -0.4 is 10.6 Å². The van der Waals surface area contributed by atoms with Gasteiger partial charge in [-0.25, -0.2) is 9.07 Å². The van der Waals surface area contributed by atoms with Gasteiger partial charge in [0.2, 0.25) is 0 Å². The third kappa shape index (κ3) is 6.53. The van der Waals surface area contributed by atoms with Crippen molar-refractivity contribution in [2.24, 2.45) is 4.99 Å². The lowest BCUT2D eigenvalue weighted by Gasteiger charge is -2.19. The lowest BCUT2D eigenvalue weighted by molar-refractivity contribution is 0.187. The van der Waals surface area contributed by atoms with Gasteiger partial charge in [-0.15, -0.1) is 24.0 Å². The van der Waals surface area contributed by atoms with E-state index in [1.807, 2.05) is 49.0 Å². The molecule has 0 saturated carbocycles. The molecular formula is C22H27FIN5O. The quantitative estimate of drug-likeness (QED) is 0.249. The Balaban J connectivity index is 0.00000320. The van der Waals surface area contributed by atoms with Crippen molar-refractivity contribution in [3.05, 3.63) is 83.9 Å². The Labute approximate surface area is 193 Å². The number of hydrogen-bond donors (Lipinski definition) is 3. The summed E-state index contributed by atoms with van der Waals surface area (Å²) in [4.78, 5) is 4.48. The van der Waals surface area contributed by atoms with Crippen molar-refractivity contribution in [3.8, 4) is 5.69 Å². The Morgan fingerprint density at radius 3 is 2.60 bits per heavy atom. The van der Waals surface area contributed by atoms with Gasteiger partial charge in [-0.3, -0.25) is 4.99 Å². The average molecular weight is 523 g/mol. The molecule has 1 heterocycles. The molecular weight excluding hydrogens is 496 g/mol. The Morgan fingerprint density at radius 2 is 1.93 bits per heavy atom. The summed E-state index contributed by atoms with van der Waals surface area (Å²) in [7, 11) is 0. The maximum atomic E-state index is 13.1. The van der Waals surface area contributed by atoms with E-state index < -0.39 is 6.10 Å². The van der Waals surface area contributed by atoms with Crippen molar-refractivity contribution in [1.29, 1.82) is 0 Å². The minimum Gasteiger partial charge on any atom is -0.386 e. The normalized spacial score (nSPS) is 13.3. The molecule has 2 atom stereocenters. The smallest absolute Gasteiger partial charge is 0.191 e. The first kappa shape index (κ1) is 23.8. The molecule has 0 aliphatic heterocycles. The Kier molecular flexibility index (Phi) is 9.25. The van der Waals surface area contributed by atoms with Gasteiger partial charge in [-0.1, -0.05) is 24.3 Å². The van der Waals surface area contributed by atoms with Gasteiger partial charge in [0.1, 0.15) is 5.82 Å². The third-order valence-electron chi connectivity index (χ3n) is 4.51. The van der Waals surface area contributed by atoms with Crippen molar-refractivity contribution in [2.45, 2.75) is 26.0 Å². The summed E-state index contributed by atoms with van der Waals surface area (Å²) in [5.74, 6) is 0.274. The minimum absolute atomic E-state index is 0. The molecule has 160 valence electrons. The number of nitrogens with one attached hydrogen (secondary N) is 2. The highest BCUT2D eigenvalue weighted by Crippen LogP contribution is 2.17. The summed E-state index contributed by atoms with van der Waals surface area (Å²) in [5.41, 5.74) is 2.70. The zero-order valence-corrected chi connectivity index (χ0v) is 19.3. The van der Waals surface area contributed by atoms with Crippen LogP contribution in [0.1, 0.15) is 37.1 Å². The van der Waals surface area contributed by atoms with Crippen LogP contribution in [0.25, 0.3) is 5.69 Å². The van der Waals surface area contributed by atoms with Crippen LogP contribution in [0.2, 0.25) is 0 Å². The number of benzene rings is 2. The summed E-state index contributed by atoms with van der Waals surface area (Å²) >= 11 is 0. The zero-order chi connectivity index (χ0) is 20.6. The van der Waals surface area contributed by atoms with Crippen LogP contribution >= 0.6 is 24.0 Å². The maximum Gasteiger partial charge on any atom is 0.191 e. The van der Waals surface area contributed by atoms with E-state index in [9.17, 15) is 9.50 Å². The molecule has 30 heavy (non-hydrogen) atoms. The summed E-state index contributed by atoms with van der Waals surface area (Å²) in [5, 5.41) is 21.1. The zero-order valence-electron chi connectivity index (χ0n) is 17.0. The molecule has 6 nitrogen and oxygen atoms in total. The molecule has 3 rings (SSSR count). The van der Waals surface area contributed by atoms with Crippen molar-refractivity contribution in [3.63, 3.8) is 0 Å². The summed E-state index contributed by atoms with van der Waals surface area (Å²) < 4.78 is 14.9. The first-order valence-electron chi connectivity index (χ1n) is 9.65. The van der Waals surface area contributed by atoms with E-state index in [0.717, 1.165) is 11.3 Å². The highest BCUT2D eigenvalue weighted by atomic mass is 127. The maximum absolute atomic E-state index is 13.1. The van der Waals surface area contributed by atoms with E-state index in [1.165, 1.54) is 12.1 Å². The average Bonchev–Trinajstić information content (AvgIpc) is 3.27. The SMILES string of the molecule is CCNC(=NCC(O)c1ccc(F)cc1)NC(C)c1cccc(-n2cccn2)c1.I. The number of aromatic nitrogens is 2. The van der Waals surface area contributed by atoms with Crippen molar-refractivity contribution >= 4 is 29.9 Å². The van der Waals surface area contributed by atoms with Crippen LogP contribution in [0.15, 0.2) is 72.0 Å². The number of aliphatic hydroxyl groups excluding tert-OH is 1. The van der Waals surface area contributed by atoms with E-state index in [-0.39, 0.29) is 42.4 Å². The van der Waals surface area contributed by atoms with Crippen LogP contribution in [0.3, 0.4) is 0 Å². The van der Waals surface area contributed by atoms with Gasteiger partial charge in [0, 0.05) is 18.9 Å². The number of hydrogen-bond acceptors (Lipinski definition) is 3. The van der Waals surface area contributed by atoms with E-state index in [1.54, 1.807) is 18.3 Å². The van der Waals surface area contributed by atoms with E-state index in [2.05, 4.69) is 26.8 Å². The molecule has 3 N–H and O–H groups in total. The Hall–Kier alpha value is -2.46. The molecule has 2 unspecified atom stereocenters. The van der Waals surface area contributed by atoms with Gasteiger partial charge in [-0.05, 0) is 55.3 Å². The van der Waals surface area contributed by atoms with Crippen LogP contribution in [0.4, 0.5) is 4.39 Å². The molecule has 0 radical (unpaired) electrons. The lowest BCUT2D eigenvalue weighted by atomic mass is 10.1. The minimum atomic E-state index is -0.801. The van der Waals surface area contributed by atoms with Crippen molar-refractivity contribution in [2.75, 3.05) is 13.1 Å². The molecule has 3 aromatic rings. The molecule has 0 aliphatic rings. The second-order valence-electron chi connectivity index (χ2n) is 6.70. The lowest BCUT2D eigenvalue weighted by Crippen LogP contribution is -2.39. The van der Waals surface area contributed by atoms with Gasteiger partial charge < -0.3 is 15.7 Å². The van der Waals surface area contributed by atoms with Gasteiger partial charge in [0.15, 0.2) is 5.96 Å². The molecule has 0 saturated heterocycles. The number of aliphatic imine (C=N–C) groups is 1. The first-order chi connectivity index (χ1) is 14.1. The molecule has 8 heteroatoms. The van der Waals surface area contributed by atoms with E-state index >= 15 is 0 Å². The van der Waals surface area contributed by atoms with Gasteiger partial charge >= 0.3 is 0 Å². The van der Waals surface area contributed by atoms with Gasteiger partial charge in [0.25, 0.3) is 0 Å². The van der Waals surface area contributed by atoms with Crippen LogP contribution in [-0.2, 0) is 0 Å². The first-order valence-corrected chi connectivity index (χ1v) is 9.65. The summed E-state index contributed by atoms with van der Waals surface area (Å²) in [6.07, 6.45) is 2.85. The van der Waals surface area contributed by atoms with Gasteiger partial charge in [-0.2, -0.15) is 5.10 Å². The fraction of sp³-hybridized carbons (Fsp3) is 0.273. The second kappa shape index (κ2) is 11.7. The molecule has 0 fully saturated rings. The topological polar surface area (TPSA) is 74.5 Å². The van der Waals surface area contributed by atoms with Crippen molar-refractivity contribution < 1.29 is 9.50 Å². The monoisotopic (exact) mass is 523 g/mol. The number of nitrogens with zero attached hydrogens (tertiary/aromatic N) is 3. The van der Waals surface area contributed by atoms with Crippen molar-refractivity contribution in [1.82, 2.24) is 20.4 Å². The number of guanidine groups is 1. The molecule has 2 aromatic carbocycles. The predicted octanol–water partition coefficient (Wildman–Crippen LogP) is 3.98. The van der Waals surface area contributed by atoms with Crippen LogP contribution in [-0.4, -0.2) is 33.9 Å². The third-order valence-corrected chi connectivity index (χ3v) is 4.51. The Morgan fingerprint density at radius 1 is 1.17 bits per heavy atom. The molecule has 0 spiro atoms. The predicted molar refractivity (Wildman–Crippen MR) is 128 cm³/mol. The van der Waals surface area contributed by atoms with Gasteiger partial charge in [0.05, 0.1) is 24.4 Å². The molecule has 0 bridgehead atoms. The largest absolute Gasteiger partial charge is 0.386 e. The summed E-state index contributed by atoms with van der Waals surface area (Å²) in [6.45, 7) is 4.89. The summed E-state index contributed by atoms with van der Waals surface area (Å²) in [6, 6.07) is 15.8. The van der Waals surface area contributed by atoms with E-state index in [0.29, 0.717) is 18.1 Å². The fourth-order valence-corrected chi connectivity index (χ4v) is 2.93.